The molecule has 0 atom stereocenters. The third-order valence-electron chi connectivity index (χ3n) is 4.51. The molecule has 0 unspecified atom stereocenters. The molecule has 3 N–H and O–H groups in total. The van der Waals surface area contributed by atoms with Gasteiger partial charge in [-0.2, -0.15) is 0 Å². The second-order valence-electron chi connectivity index (χ2n) is 6.04. The van der Waals surface area contributed by atoms with Crippen LogP contribution in [-0.2, 0) is 4.79 Å². The zero-order valence-corrected chi connectivity index (χ0v) is 9.87. The smallest absolute Gasteiger partial charge is 0.240 e. The van der Waals surface area contributed by atoms with Crippen LogP contribution in [0.4, 0.5) is 0 Å². The van der Waals surface area contributed by atoms with Gasteiger partial charge in [-0.3, -0.25) is 4.79 Å². The zero-order chi connectivity index (χ0) is 11.2. The topological polar surface area (TPSA) is 55.1 Å². The molecule has 3 rings (SSSR count). The van der Waals surface area contributed by atoms with Crippen LogP contribution in [-0.4, -0.2) is 17.5 Å². The molecule has 3 aliphatic carbocycles. The minimum Gasteiger partial charge on any atom is -0.351 e. The molecule has 3 aliphatic rings. The van der Waals surface area contributed by atoms with E-state index in [1.807, 2.05) is 0 Å². The first-order valence-electron chi connectivity index (χ1n) is 6.79. The molecule has 0 radical (unpaired) electrons. The highest BCUT2D eigenvalue weighted by Crippen LogP contribution is 2.44. The Morgan fingerprint density at radius 2 is 1.62 bits per heavy atom. The van der Waals surface area contributed by atoms with E-state index in [1.165, 1.54) is 25.7 Å². The molecular formula is C13H22N2O. The number of hydrogen-bond acceptors (Lipinski definition) is 2. The van der Waals surface area contributed by atoms with Gasteiger partial charge in [0.2, 0.25) is 5.91 Å². The molecule has 0 aromatic rings. The van der Waals surface area contributed by atoms with E-state index in [4.69, 9.17) is 5.73 Å². The van der Waals surface area contributed by atoms with Crippen molar-refractivity contribution in [2.45, 2.75) is 62.9 Å². The van der Waals surface area contributed by atoms with Crippen LogP contribution in [0.1, 0.15) is 51.4 Å². The minimum absolute atomic E-state index is 0.133. The number of hydrogen-bond donors (Lipinski definition) is 2. The fourth-order valence-corrected chi connectivity index (χ4v) is 3.06. The van der Waals surface area contributed by atoms with Gasteiger partial charge in [-0.1, -0.05) is 12.8 Å². The lowest BCUT2D eigenvalue weighted by molar-refractivity contribution is -0.127. The lowest BCUT2D eigenvalue weighted by atomic mass is 9.96. The minimum atomic E-state index is -0.540. The molecule has 0 saturated heterocycles. The predicted octanol–water partition coefficient (Wildman–Crippen LogP) is 1.56. The summed E-state index contributed by atoms with van der Waals surface area (Å²) < 4.78 is 0. The molecule has 1 amide bonds. The maximum Gasteiger partial charge on any atom is 0.240 e. The first kappa shape index (κ1) is 10.6. The van der Waals surface area contributed by atoms with E-state index in [0.29, 0.717) is 6.04 Å². The van der Waals surface area contributed by atoms with Crippen molar-refractivity contribution in [3.05, 3.63) is 0 Å². The Morgan fingerprint density at radius 3 is 2.06 bits per heavy atom. The van der Waals surface area contributed by atoms with Crippen molar-refractivity contribution >= 4 is 5.91 Å². The van der Waals surface area contributed by atoms with E-state index >= 15 is 0 Å². The summed E-state index contributed by atoms with van der Waals surface area (Å²) in [6.45, 7) is 0. The lowest BCUT2D eigenvalue weighted by Crippen LogP contribution is -2.55. The lowest BCUT2D eigenvalue weighted by Gasteiger charge is -2.26. The highest BCUT2D eigenvalue weighted by atomic mass is 16.2. The Kier molecular flexibility index (Phi) is 2.46. The summed E-state index contributed by atoms with van der Waals surface area (Å²) in [6.07, 6.45) is 9.20. The largest absolute Gasteiger partial charge is 0.351 e. The SMILES string of the molecule is NC1(C(=O)NC(C2CC2)C2CC2)CCCC1. The van der Waals surface area contributed by atoms with Crippen LogP contribution >= 0.6 is 0 Å². The van der Waals surface area contributed by atoms with Crippen molar-refractivity contribution in [3.63, 3.8) is 0 Å². The van der Waals surface area contributed by atoms with E-state index in [9.17, 15) is 4.79 Å². The van der Waals surface area contributed by atoms with E-state index in [0.717, 1.165) is 37.5 Å². The third kappa shape index (κ3) is 1.97. The standard InChI is InChI=1S/C13H22N2O/c14-13(7-1-2-8-13)12(16)15-11(9-3-4-9)10-5-6-10/h9-11H,1-8,14H2,(H,15,16). The van der Waals surface area contributed by atoms with Gasteiger partial charge in [-0.25, -0.2) is 0 Å². The van der Waals surface area contributed by atoms with Crippen molar-refractivity contribution in [2.24, 2.45) is 17.6 Å². The Hall–Kier alpha value is -0.570. The van der Waals surface area contributed by atoms with Crippen LogP contribution in [0.5, 0.6) is 0 Å². The number of nitrogens with two attached hydrogens (primary N) is 1. The molecule has 3 nitrogen and oxygen atoms in total. The highest BCUT2D eigenvalue weighted by Gasteiger charge is 2.45. The van der Waals surface area contributed by atoms with Gasteiger partial charge >= 0.3 is 0 Å². The Morgan fingerprint density at radius 1 is 1.12 bits per heavy atom. The molecule has 3 saturated carbocycles. The maximum atomic E-state index is 12.2. The van der Waals surface area contributed by atoms with Crippen molar-refractivity contribution in [1.82, 2.24) is 5.32 Å². The van der Waals surface area contributed by atoms with Crippen LogP contribution in [0, 0.1) is 11.8 Å². The van der Waals surface area contributed by atoms with Crippen molar-refractivity contribution in [1.29, 1.82) is 0 Å². The Balaban J connectivity index is 1.61. The molecule has 0 bridgehead atoms. The van der Waals surface area contributed by atoms with Gasteiger partial charge in [0.05, 0.1) is 5.54 Å². The van der Waals surface area contributed by atoms with Crippen molar-refractivity contribution < 1.29 is 4.79 Å². The van der Waals surface area contributed by atoms with Gasteiger partial charge in [0.1, 0.15) is 0 Å². The molecular weight excluding hydrogens is 200 g/mol. The summed E-state index contributed by atoms with van der Waals surface area (Å²) in [5.74, 6) is 1.66. The first-order chi connectivity index (χ1) is 7.69. The van der Waals surface area contributed by atoms with Crippen LogP contribution in [0.25, 0.3) is 0 Å². The number of carbonyl (C=O) groups is 1. The first-order valence-corrected chi connectivity index (χ1v) is 6.79. The van der Waals surface area contributed by atoms with Gasteiger partial charge in [-0.15, -0.1) is 0 Å². The molecule has 0 aromatic carbocycles. The number of amides is 1. The fourth-order valence-electron chi connectivity index (χ4n) is 3.06. The van der Waals surface area contributed by atoms with E-state index in [-0.39, 0.29) is 5.91 Å². The summed E-state index contributed by atoms with van der Waals surface area (Å²) in [5.41, 5.74) is 5.64. The van der Waals surface area contributed by atoms with Crippen LogP contribution in [0.2, 0.25) is 0 Å². The molecule has 16 heavy (non-hydrogen) atoms. The summed E-state index contributed by atoms with van der Waals surface area (Å²) in [6, 6.07) is 0.452. The normalized spacial score (nSPS) is 28.4. The molecule has 0 aromatic heterocycles. The third-order valence-corrected chi connectivity index (χ3v) is 4.51. The van der Waals surface area contributed by atoms with E-state index in [1.54, 1.807) is 0 Å². The quantitative estimate of drug-likeness (QED) is 0.758. The zero-order valence-electron chi connectivity index (χ0n) is 9.87. The summed E-state index contributed by atoms with van der Waals surface area (Å²) in [5, 5.41) is 3.26. The maximum absolute atomic E-state index is 12.2. The summed E-state index contributed by atoms with van der Waals surface area (Å²) >= 11 is 0. The average molecular weight is 222 g/mol. The van der Waals surface area contributed by atoms with E-state index < -0.39 is 5.54 Å². The molecule has 0 heterocycles. The molecule has 3 fully saturated rings. The van der Waals surface area contributed by atoms with Gasteiger partial charge in [0, 0.05) is 6.04 Å². The molecule has 0 aliphatic heterocycles. The van der Waals surface area contributed by atoms with Crippen molar-refractivity contribution in [3.8, 4) is 0 Å². The monoisotopic (exact) mass is 222 g/mol. The molecule has 90 valence electrons. The van der Waals surface area contributed by atoms with Gasteiger partial charge in [0.25, 0.3) is 0 Å². The Labute approximate surface area is 97.2 Å². The highest BCUT2D eigenvalue weighted by molar-refractivity contribution is 5.86. The van der Waals surface area contributed by atoms with Gasteiger partial charge in [-0.05, 0) is 50.4 Å². The predicted molar refractivity (Wildman–Crippen MR) is 62.8 cm³/mol. The van der Waals surface area contributed by atoms with Crippen LogP contribution in [0.3, 0.4) is 0 Å². The average Bonchev–Trinajstić information content (AvgIpc) is 3.16. The second kappa shape index (κ2) is 3.73. The van der Waals surface area contributed by atoms with Gasteiger partial charge < -0.3 is 11.1 Å². The van der Waals surface area contributed by atoms with Crippen molar-refractivity contribution in [2.75, 3.05) is 0 Å². The number of nitrogens with one attached hydrogen (secondary N) is 1. The second-order valence-corrected chi connectivity index (χ2v) is 6.04. The molecule has 0 spiro atoms. The fraction of sp³-hybridized carbons (Fsp3) is 0.923. The van der Waals surface area contributed by atoms with Crippen LogP contribution < -0.4 is 11.1 Å². The van der Waals surface area contributed by atoms with Gasteiger partial charge in [0.15, 0.2) is 0 Å². The summed E-state index contributed by atoms with van der Waals surface area (Å²) in [7, 11) is 0. The summed E-state index contributed by atoms with van der Waals surface area (Å²) in [4.78, 5) is 12.2. The number of carbonyl (C=O) groups excluding carboxylic acids is 1. The van der Waals surface area contributed by atoms with E-state index in [2.05, 4.69) is 5.32 Å². The Bertz CT molecular complexity index is 276. The molecule has 3 heteroatoms. The van der Waals surface area contributed by atoms with Crippen LogP contribution in [0.15, 0.2) is 0 Å². The number of rotatable bonds is 4.